The number of aryl methyl sites for hydroxylation is 1. The number of ether oxygens (including phenoxy) is 1. The van der Waals surface area contributed by atoms with E-state index in [1.54, 1.807) is 61.7 Å². The SMILES string of the molecule is COc1ccc([C@H](CC(=O)Nc2ccccc2C)N(C)S(=O)(=O)c2ccccc2)cc1. The molecule has 0 spiro atoms. The minimum absolute atomic E-state index is 0.0385. The van der Waals surface area contributed by atoms with Crippen molar-refractivity contribution in [3.63, 3.8) is 0 Å². The van der Waals surface area contributed by atoms with E-state index in [1.807, 2.05) is 31.2 Å². The average molecular weight is 439 g/mol. The van der Waals surface area contributed by atoms with Gasteiger partial charge < -0.3 is 10.1 Å². The van der Waals surface area contributed by atoms with Gasteiger partial charge >= 0.3 is 0 Å². The molecule has 162 valence electrons. The van der Waals surface area contributed by atoms with Gasteiger partial charge in [0.25, 0.3) is 0 Å². The molecule has 0 saturated carbocycles. The van der Waals surface area contributed by atoms with Gasteiger partial charge in [-0.15, -0.1) is 0 Å². The van der Waals surface area contributed by atoms with Gasteiger partial charge in [0.2, 0.25) is 15.9 Å². The Morgan fingerprint density at radius 3 is 2.19 bits per heavy atom. The van der Waals surface area contributed by atoms with Crippen LogP contribution in [0.3, 0.4) is 0 Å². The predicted octanol–water partition coefficient (Wildman–Crippen LogP) is 4.39. The second-order valence-corrected chi connectivity index (χ2v) is 9.19. The highest BCUT2D eigenvalue weighted by Gasteiger charge is 2.31. The maximum absolute atomic E-state index is 13.2. The van der Waals surface area contributed by atoms with Gasteiger partial charge in [0.1, 0.15) is 5.75 Å². The van der Waals surface area contributed by atoms with Gasteiger partial charge in [-0.2, -0.15) is 4.31 Å². The Bertz CT molecular complexity index is 1130. The summed E-state index contributed by atoms with van der Waals surface area (Å²) in [6, 6.07) is 22.0. The summed E-state index contributed by atoms with van der Waals surface area (Å²) in [5, 5.41) is 2.89. The quantitative estimate of drug-likeness (QED) is 0.566. The fourth-order valence-electron chi connectivity index (χ4n) is 3.30. The van der Waals surface area contributed by atoms with Gasteiger partial charge in [-0.25, -0.2) is 8.42 Å². The summed E-state index contributed by atoms with van der Waals surface area (Å²) in [6.07, 6.45) is -0.0385. The number of carbonyl (C=O) groups is 1. The molecule has 31 heavy (non-hydrogen) atoms. The molecule has 0 radical (unpaired) electrons. The van der Waals surface area contributed by atoms with Crippen molar-refractivity contribution < 1.29 is 17.9 Å². The molecule has 0 unspecified atom stereocenters. The second kappa shape index (κ2) is 9.76. The van der Waals surface area contributed by atoms with E-state index in [0.717, 1.165) is 5.56 Å². The lowest BCUT2D eigenvalue weighted by molar-refractivity contribution is -0.117. The van der Waals surface area contributed by atoms with Crippen molar-refractivity contribution in [2.75, 3.05) is 19.5 Å². The zero-order chi connectivity index (χ0) is 22.4. The molecule has 0 aliphatic heterocycles. The smallest absolute Gasteiger partial charge is 0.243 e. The van der Waals surface area contributed by atoms with E-state index in [1.165, 1.54) is 11.4 Å². The van der Waals surface area contributed by atoms with Gasteiger partial charge in [0.05, 0.1) is 18.0 Å². The minimum atomic E-state index is -3.81. The van der Waals surface area contributed by atoms with Crippen molar-refractivity contribution in [1.29, 1.82) is 0 Å². The van der Waals surface area contributed by atoms with Crippen LogP contribution in [0.5, 0.6) is 5.75 Å². The number of nitrogens with one attached hydrogen (secondary N) is 1. The Hall–Kier alpha value is -3.16. The van der Waals surface area contributed by atoms with Crippen LogP contribution in [0.15, 0.2) is 83.8 Å². The normalized spacial score (nSPS) is 12.4. The molecule has 0 aliphatic rings. The third-order valence-electron chi connectivity index (χ3n) is 5.16. The number of anilines is 1. The molecule has 6 nitrogen and oxygen atoms in total. The molecule has 0 aliphatic carbocycles. The van der Waals surface area contributed by atoms with Crippen molar-refractivity contribution in [3.8, 4) is 5.75 Å². The molecular formula is C24H26N2O4S. The third kappa shape index (κ3) is 5.31. The number of nitrogens with zero attached hydrogens (tertiary/aromatic N) is 1. The molecular weight excluding hydrogens is 412 g/mol. The molecule has 0 heterocycles. The summed E-state index contributed by atoms with van der Waals surface area (Å²) in [7, 11) is -0.745. The molecule has 1 atom stereocenters. The van der Waals surface area contributed by atoms with Crippen molar-refractivity contribution in [3.05, 3.63) is 90.0 Å². The van der Waals surface area contributed by atoms with Crippen LogP contribution in [0.25, 0.3) is 0 Å². The summed E-state index contributed by atoms with van der Waals surface area (Å²) < 4.78 is 32.9. The number of methoxy groups -OCH3 is 1. The van der Waals surface area contributed by atoms with E-state index in [2.05, 4.69) is 5.32 Å². The lowest BCUT2D eigenvalue weighted by Gasteiger charge is -2.28. The molecule has 3 rings (SSSR count). The monoisotopic (exact) mass is 438 g/mol. The van der Waals surface area contributed by atoms with E-state index < -0.39 is 16.1 Å². The number of rotatable bonds is 8. The van der Waals surface area contributed by atoms with Crippen molar-refractivity contribution >= 4 is 21.6 Å². The molecule has 0 bridgehead atoms. The van der Waals surface area contributed by atoms with Crippen LogP contribution < -0.4 is 10.1 Å². The van der Waals surface area contributed by atoms with Crippen LogP contribution in [0, 0.1) is 6.92 Å². The van der Waals surface area contributed by atoms with Gasteiger partial charge in [0, 0.05) is 19.2 Å². The molecule has 1 N–H and O–H groups in total. The van der Waals surface area contributed by atoms with Gasteiger partial charge in [-0.3, -0.25) is 4.79 Å². The number of hydrogen-bond acceptors (Lipinski definition) is 4. The van der Waals surface area contributed by atoms with Gasteiger partial charge in [-0.1, -0.05) is 48.5 Å². The Kier molecular flexibility index (Phi) is 7.09. The predicted molar refractivity (Wildman–Crippen MR) is 122 cm³/mol. The summed E-state index contributed by atoms with van der Waals surface area (Å²) in [5.41, 5.74) is 2.33. The van der Waals surface area contributed by atoms with E-state index in [-0.39, 0.29) is 17.2 Å². The van der Waals surface area contributed by atoms with Crippen LogP contribution in [-0.2, 0) is 14.8 Å². The fourth-order valence-corrected chi connectivity index (χ4v) is 4.66. The van der Waals surface area contributed by atoms with Crippen LogP contribution in [0.4, 0.5) is 5.69 Å². The van der Waals surface area contributed by atoms with E-state index in [4.69, 9.17) is 4.74 Å². The maximum atomic E-state index is 13.2. The summed E-state index contributed by atoms with van der Waals surface area (Å²) >= 11 is 0. The highest BCUT2D eigenvalue weighted by Crippen LogP contribution is 2.30. The van der Waals surface area contributed by atoms with Crippen molar-refractivity contribution in [1.82, 2.24) is 4.31 Å². The van der Waals surface area contributed by atoms with E-state index in [0.29, 0.717) is 17.0 Å². The van der Waals surface area contributed by atoms with Crippen molar-refractivity contribution in [2.24, 2.45) is 0 Å². The molecule has 0 aromatic heterocycles. The molecule has 7 heteroatoms. The van der Waals surface area contributed by atoms with Gasteiger partial charge in [-0.05, 0) is 48.4 Å². The molecule has 3 aromatic carbocycles. The number of sulfonamides is 1. The number of hydrogen-bond donors (Lipinski definition) is 1. The summed E-state index contributed by atoms with van der Waals surface area (Å²) in [4.78, 5) is 13.1. The Balaban J connectivity index is 1.92. The summed E-state index contributed by atoms with van der Waals surface area (Å²) in [5.74, 6) is 0.380. The van der Waals surface area contributed by atoms with E-state index >= 15 is 0 Å². The fraction of sp³-hybridized carbons (Fsp3) is 0.208. The van der Waals surface area contributed by atoms with Crippen LogP contribution in [0.2, 0.25) is 0 Å². The number of benzene rings is 3. The Labute approximate surface area is 183 Å². The number of amides is 1. The first-order chi connectivity index (χ1) is 14.8. The van der Waals surface area contributed by atoms with E-state index in [9.17, 15) is 13.2 Å². The van der Waals surface area contributed by atoms with Crippen molar-refractivity contribution in [2.45, 2.75) is 24.3 Å². The topological polar surface area (TPSA) is 75.7 Å². The Morgan fingerprint density at radius 2 is 1.58 bits per heavy atom. The molecule has 0 saturated heterocycles. The number of carbonyl (C=O) groups excluding carboxylic acids is 1. The second-order valence-electron chi connectivity index (χ2n) is 7.19. The van der Waals surface area contributed by atoms with Crippen LogP contribution >= 0.6 is 0 Å². The first kappa shape index (κ1) is 22.5. The first-order valence-corrected chi connectivity index (χ1v) is 11.3. The van der Waals surface area contributed by atoms with Crippen LogP contribution in [-0.4, -0.2) is 32.8 Å². The molecule has 3 aromatic rings. The zero-order valence-electron chi connectivity index (χ0n) is 17.8. The van der Waals surface area contributed by atoms with Crippen LogP contribution in [0.1, 0.15) is 23.6 Å². The maximum Gasteiger partial charge on any atom is 0.243 e. The van der Waals surface area contributed by atoms with Gasteiger partial charge in [0.15, 0.2) is 0 Å². The zero-order valence-corrected chi connectivity index (χ0v) is 18.6. The average Bonchev–Trinajstić information content (AvgIpc) is 2.79. The highest BCUT2D eigenvalue weighted by molar-refractivity contribution is 7.89. The summed E-state index contributed by atoms with van der Waals surface area (Å²) in [6.45, 7) is 1.91. The number of para-hydroxylation sites is 1. The largest absolute Gasteiger partial charge is 0.497 e. The highest BCUT2D eigenvalue weighted by atomic mass is 32.2. The third-order valence-corrected chi connectivity index (χ3v) is 7.04. The minimum Gasteiger partial charge on any atom is -0.497 e. The molecule has 1 amide bonds. The standard InChI is InChI=1S/C24H26N2O4S/c1-18-9-7-8-12-22(18)25-24(27)17-23(19-13-15-20(30-3)16-14-19)26(2)31(28,29)21-10-5-4-6-11-21/h4-16,23H,17H2,1-3H3,(H,25,27)/t23-/m0/s1. The first-order valence-electron chi connectivity index (χ1n) is 9.85. The molecule has 0 fully saturated rings. The Morgan fingerprint density at radius 1 is 0.968 bits per heavy atom. The lowest BCUT2D eigenvalue weighted by atomic mass is 10.0. The lowest BCUT2D eigenvalue weighted by Crippen LogP contribution is -2.33.